The maximum absolute atomic E-state index is 13.2. The minimum Gasteiger partial charge on any atom is -0.384 e. The van der Waals surface area contributed by atoms with Crippen LogP contribution in [0.25, 0.3) is 0 Å². The van der Waals surface area contributed by atoms with Crippen LogP contribution in [0.15, 0.2) is 51.2 Å². The van der Waals surface area contributed by atoms with Crippen molar-refractivity contribution in [2.75, 3.05) is 0 Å². The predicted octanol–water partition coefficient (Wildman–Crippen LogP) is 0.518. The van der Waals surface area contributed by atoms with Crippen LogP contribution < -0.4 is 16.8 Å². The van der Waals surface area contributed by atoms with Gasteiger partial charge in [0.2, 0.25) is 0 Å². The molecule has 0 saturated carbocycles. The van der Waals surface area contributed by atoms with Gasteiger partial charge in [0, 0.05) is 18.2 Å². The zero-order chi connectivity index (χ0) is 13.1. The molecule has 18 heavy (non-hydrogen) atoms. The van der Waals surface area contributed by atoms with Crippen LogP contribution >= 0.6 is 0 Å². The second-order valence-electron chi connectivity index (χ2n) is 3.84. The van der Waals surface area contributed by atoms with E-state index in [0.717, 1.165) is 0 Å². The highest BCUT2D eigenvalue weighted by Crippen LogP contribution is 2.28. The van der Waals surface area contributed by atoms with Crippen molar-refractivity contribution >= 4 is 18.0 Å². The Balaban J connectivity index is 2.14. The number of nitrogens with zero attached hydrogens (tertiary/aromatic N) is 3. The van der Waals surface area contributed by atoms with Gasteiger partial charge in [-0.05, 0) is 0 Å². The van der Waals surface area contributed by atoms with E-state index in [0.29, 0.717) is 11.4 Å². The lowest BCUT2D eigenvalue weighted by atomic mass is 9.95. The van der Waals surface area contributed by atoms with Gasteiger partial charge in [0.15, 0.2) is 0 Å². The Labute approximate surface area is 103 Å². The van der Waals surface area contributed by atoms with Crippen LogP contribution in [0.2, 0.25) is 0 Å². The smallest absolute Gasteiger partial charge is 0.130 e. The van der Waals surface area contributed by atoms with Gasteiger partial charge in [-0.3, -0.25) is 0 Å². The van der Waals surface area contributed by atoms with Crippen LogP contribution in [0.5, 0.6) is 0 Å². The third kappa shape index (κ3) is 2.45. The fourth-order valence-electron chi connectivity index (χ4n) is 1.71. The molecule has 0 amide bonds. The van der Waals surface area contributed by atoms with Gasteiger partial charge in [0.05, 0.1) is 12.1 Å². The van der Waals surface area contributed by atoms with E-state index in [-0.39, 0.29) is 29.8 Å². The van der Waals surface area contributed by atoms with Crippen molar-refractivity contribution in [1.82, 2.24) is 5.32 Å². The number of nitrogens with one attached hydrogen (secondary N) is 1. The minimum absolute atomic E-state index is 0.138. The molecule has 1 atom stereocenters. The maximum atomic E-state index is 13.2. The van der Waals surface area contributed by atoms with Gasteiger partial charge in [0.1, 0.15) is 29.7 Å². The Morgan fingerprint density at radius 3 is 3.11 bits per heavy atom. The quantitative estimate of drug-likeness (QED) is 0.501. The van der Waals surface area contributed by atoms with Crippen LogP contribution in [-0.2, 0) is 0 Å². The van der Waals surface area contributed by atoms with Gasteiger partial charge < -0.3 is 16.8 Å². The Hall–Kier alpha value is -2.44. The molecule has 2 aliphatic rings. The lowest BCUT2D eigenvalue weighted by molar-refractivity contribution is 0.557. The third-order valence-corrected chi connectivity index (χ3v) is 2.54. The predicted molar refractivity (Wildman–Crippen MR) is 69.4 cm³/mol. The van der Waals surface area contributed by atoms with Crippen LogP contribution in [0.1, 0.15) is 6.42 Å². The molecule has 0 aromatic rings. The number of amidine groups is 2. The zero-order valence-corrected chi connectivity index (χ0v) is 9.60. The molecule has 1 unspecified atom stereocenters. The van der Waals surface area contributed by atoms with Crippen LogP contribution in [0.3, 0.4) is 0 Å². The lowest BCUT2D eigenvalue weighted by Gasteiger charge is -2.16. The van der Waals surface area contributed by atoms with E-state index in [1.807, 2.05) is 0 Å². The van der Waals surface area contributed by atoms with E-state index >= 15 is 0 Å². The first kappa shape index (κ1) is 12.0. The molecule has 0 aliphatic carbocycles. The summed E-state index contributed by atoms with van der Waals surface area (Å²) in [4.78, 5) is 11.6. The largest absolute Gasteiger partial charge is 0.384 e. The van der Waals surface area contributed by atoms with E-state index < -0.39 is 0 Å². The highest BCUT2D eigenvalue weighted by atomic mass is 19.1. The fourth-order valence-corrected chi connectivity index (χ4v) is 1.71. The van der Waals surface area contributed by atoms with Gasteiger partial charge in [0.25, 0.3) is 0 Å². The molecule has 0 spiro atoms. The molecule has 0 aromatic carbocycles. The molecule has 6 nitrogen and oxygen atoms in total. The van der Waals surface area contributed by atoms with Crippen molar-refractivity contribution in [3.05, 3.63) is 36.2 Å². The van der Waals surface area contributed by atoms with Gasteiger partial charge in [-0.25, -0.2) is 19.4 Å². The monoisotopic (exact) mass is 248 g/mol. The first-order chi connectivity index (χ1) is 8.58. The van der Waals surface area contributed by atoms with Gasteiger partial charge in [-0.15, -0.1) is 0 Å². The number of nitrogens with two attached hydrogens (primary N) is 2. The molecule has 0 radical (unpaired) electrons. The number of hydrogen-bond acceptors (Lipinski definition) is 4. The molecule has 0 aromatic heterocycles. The van der Waals surface area contributed by atoms with Crippen LogP contribution in [0.4, 0.5) is 4.39 Å². The molecule has 0 fully saturated rings. The zero-order valence-electron chi connectivity index (χ0n) is 9.60. The summed E-state index contributed by atoms with van der Waals surface area (Å²) in [5, 5.41) is 2.94. The van der Waals surface area contributed by atoms with Gasteiger partial charge in [-0.1, -0.05) is 6.58 Å². The highest BCUT2D eigenvalue weighted by Gasteiger charge is 2.31. The number of fused-ring (bicyclic) bond motifs is 1. The SMILES string of the molecule is C=C(N)N=CN=C(N)C1=CNC2=NC=C(F)CC12. The topological polar surface area (TPSA) is 101 Å². The molecule has 94 valence electrons. The molecular formula is C11H13FN6. The fraction of sp³-hybridized carbons (Fsp3) is 0.182. The molecular weight excluding hydrogens is 235 g/mol. The minimum atomic E-state index is -0.282. The van der Waals surface area contributed by atoms with Crippen LogP contribution in [0, 0.1) is 5.92 Å². The first-order valence-corrected chi connectivity index (χ1v) is 5.27. The Morgan fingerprint density at radius 1 is 1.61 bits per heavy atom. The van der Waals surface area contributed by atoms with Crippen LogP contribution in [-0.4, -0.2) is 18.0 Å². The standard InChI is InChI=1S/C11H13FN6/c1-6(13)17-5-18-10(14)9-4-16-11-8(9)2-7(12)3-15-11/h3-5,8H,1-2,13H2,(H,15,16)(H2,14,17,18). The lowest BCUT2D eigenvalue weighted by Crippen LogP contribution is -2.27. The Bertz CT molecular complexity index is 526. The van der Waals surface area contributed by atoms with Gasteiger partial charge >= 0.3 is 0 Å². The summed E-state index contributed by atoms with van der Waals surface area (Å²) in [6, 6.07) is 0. The summed E-state index contributed by atoms with van der Waals surface area (Å²) in [5.41, 5.74) is 11.7. The number of allylic oxidation sites excluding steroid dienone is 1. The van der Waals surface area contributed by atoms with Crippen molar-refractivity contribution in [2.45, 2.75) is 6.42 Å². The Morgan fingerprint density at radius 2 is 2.39 bits per heavy atom. The molecule has 0 bridgehead atoms. The summed E-state index contributed by atoms with van der Waals surface area (Å²) < 4.78 is 13.2. The third-order valence-electron chi connectivity index (χ3n) is 2.54. The second-order valence-corrected chi connectivity index (χ2v) is 3.84. The summed E-state index contributed by atoms with van der Waals surface area (Å²) in [6.45, 7) is 3.39. The molecule has 7 heteroatoms. The number of halogens is 1. The maximum Gasteiger partial charge on any atom is 0.130 e. The van der Waals surface area contributed by atoms with E-state index in [2.05, 4.69) is 26.9 Å². The van der Waals surface area contributed by atoms with E-state index in [1.54, 1.807) is 6.20 Å². The molecule has 2 heterocycles. The van der Waals surface area contributed by atoms with Crippen molar-refractivity contribution in [3.63, 3.8) is 0 Å². The van der Waals surface area contributed by atoms with E-state index in [4.69, 9.17) is 11.5 Å². The van der Waals surface area contributed by atoms with E-state index in [9.17, 15) is 4.39 Å². The van der Waals surface area contributed by atoms with Crippen molar-refractivity contribution < 1.29 is 4.39 Å². The van der Waals surface area contributed by atoms with Crippen molar-refractivity contribution in [3.8, 4) is 0 Å². The summed E-state index contributed by atoms with van der Waals surface area (Å²) in [7, 11) is 0. The van der Waals surface area contributed by atoms with E-state index in [1.165, 1.54) is 12.5 Å². The molecule has 5 N–H and O–H groups in total. The summed E-state index contributed by atoms with van der Waals surface area (Å²) in [6.07, 6.45) is 4.31. The number of aliphatic imine (C=N–C) groups is 3. The number of hydrogen-bond donors (Lipinski definition) is 3. The van der Waals surface area contributed by atoms with Crippen molar-refractivity contribution in [2.24, 2.45) is 32.4 Å². The molecule has 2 aliphatic heterocycles. The summed E-state index contributed by atoms with van der Waals surface area (Å²) >= 11 is 0. The number of rotatable bonds is 3. The van der Waals surface area contributed by atoms with Crippen molar-refractivity contribution in [1.29, 1.82) is 0 Å². The normalized spacial score (nSPS) is 23.1. The highest BCUT2D eigenvalue weighted by molar-refractivity contribution is 6.09. The molecule has 0 saturated heterocycles. The first-order valence-electron chi connectivity index (χ1n) is 5.27. The average Bonchev–Trinajstić information content (AvgIpc) is 2.71. The van der Waals surface area contributed by atoms with Gasteiger partial charge in [-0.2, -0.15) is 0 Å². The Kier molecular flexibility index (Phi) is 3.22. The average molecular weight is 248 g/mol. The second kappa shape index (κ2) is 4.82. The summed E-state index contributed by atoms with van der Waals surface area (Å²) in [5.74, 6) is 0.560. The molecule has 2 rings (SSSR count).